The average Bonchev–Trinajstić information content (AvgIpc) is 3.11. The van der Waals surface area contributed by atoms with Crippen molar-refractivity contribution in [2.75, 3.05) is 69.5 Å². The van der Waals surface area contributed by atoms with Gasteiger partial charge in [0.1, 0.15) is 17.3 Å². The lowest BCUT2D eigenvalue weighted by Crippen LogP contribution is -2.63. The number of nitrogens with zero attached hydrogens (tertiary/aromatic N) is 7. The molecule has 0 spiro atoms. The summed E-state index contributed by atoms with van der Waals surface area (Å²) in [5.41, 5.74) is 0.727. The Hall–Kier alpha value is -5.31. The molecule has 1 saturated heterocycles. The van der Waals surface area contributed by atoms with Crippen LogP contribution < -0.4 is 31.1 Å². The van der Waals surface area contributed by atoms with Crippen LogP contribution in [0.25, 0.3) is 16.7 Å². The van der Waals surface area contributed by atoms with Gasteiger partial charge in [-0.15, -0.1) is 0 Å². The molecular formula is C38H45FN10O4. The van der Waals surface area contributed by atoms with Gasteiger partial charge in [0.25, 0.3) is 5.56 Å². The maximum atomic E-state index is 15.0. The number of amides is 3. The second-order valence-corrected chi connectivity index (χ2v) is 15.4. The fraction of sp³-hybridized carbons (Fsp3) is 0.474. The van der Waals surface area contributed by atoms with E-state index in [9.17, 15) is 14.4 Å². The van der Waals surface area contributed by atoms with E-state index in [1.807, 2.05) is 11.0 Å². The van der Waals surface area contributed by atoms with Crippen LogP contribution in [-0.2, 0) is 4.79 Å². The highest BCUT2D eigenvalue weighted by Gasteiger charge is 2.52. The number of fused-ring (bicyclic) bond motifs is 1. The summed E-state index contributed by atoms with van der Waals surface area (Å²) in [5, 5.41) is 9.48. The number of benzene rings is 1. The molecule has 0 radical (unpaired) electrons. The first-order valence-corrected chi connectivity index (χ1v) is 18.3. The van der Waals surface area contributed by atoms with Crippen molar-refractivity contribution in [2.45, 2.75) is 44.1 Å². The second-order valence-electron chi connectivity index (χ2n) is 15.4. The number of anilines is 4. The van der Waals surface area contributed by atoms with Crippen LogP contribution in [0.5, 0.6) is 5.88 Å². The summed E-state index contributed by atoms with van der Waals surface area (Å²) in [7, 11) is 5.10. The number of rotatable bonds is 9. The maximum absolute atomic E-state index is 15.0. The fourth-order valence-corrected chi connectivity index (χ4v) is 9.27. The minimum Gasteiger partial charge on any atom is -0.479 e. The molecule has 4 saturated carbocycles. The molecular weight excluding hydrogens is 679 g/mol. The first-order valence-electron chi connectivity index (χ1n) is 18.3. The Kier molecular flexibility index (Phi) is 9.13. The Balaban J connectivity index is 0.966. The van der Waals surface area contributed by atoms with Crippen molar-refractivity contribution in [3.63, 3.8) is 0 Å². The zero-order valence-electron chi connectivity index (χ0n) is 30.3. The molecule has 4 aliphatic carbocycles. The van der Waals surface area contributed by atoms with Gasteiger partial charge >= 0.3 is 6.03 Å². The van der Waals surface area contributed by atoms with E-state index < -0.39 is 11.4 Å². The van der Waals surface area contributed by atoms with Gasteiger partial charge in [-0.2, -0.15) is 9.97 Å². The number of methoxy groups -OCH3 is 1. The number of aromatic nitrogens is 4. The molecule has 15 heteroatoms. The van der Waals surface area contributed by atoms with Crippen molar-refractivity contribution < 1.29 is 18.7 Å². The van der Waals surface area contributed by atoms with Crippen LogP contribution in [0.15, 0.2) is 53.5 Å². The molecule has 5 aliphatic rings. The lowest BCUT2D eigenvalue weighted by Gasteiger charge is -2.57. The smallest absolute Gasteiger partial charge is 0.317 e. The Morgan fingerprint density at radius 3 is 2.38 bits per heavy atom. The van der Waals surface area contributed by atoms with Gasteiger partial charge in [-0.3, -0.25) is 14.2 Å². The highest BCUT2D eigenvalue weighted by Crippen LogP contribution is 2.55. The van der Waals surface area contributed by atoms with Gasteiger partial charge in [0.2, 0.25) is 17.7 Å². The molecule has 4 bridgehead atoms. The summed E-state index contributed by atoms with van der Waals surface area (Å²) in [6.07, 6.45) is 8.71. The standard InChI is InChI=1S/C38H45FN10O4/c1-46(2)22-32(50)41-26-5-4-6-27(16-26)49-33(51)17-29(39)28-21-40-36(44-34(28)49)42-30-7-8-31(43-35(30)53-3)47-9-11-48(12-10-47)37(52)45-38-18-23-13-24(19-38)15-25(14-23)20-38/h4-8,16-17,21,23-25H,9-15,18-20,22H2,1-3H3,(H,41,50)(H,45,52)(H,40,42,44). The summed E-state index contributed by atoms with van der Waals surface area (Å²) in [6, 6.07) is 11.3. The van der Waals surface area contributed by atoms with Gasteiger partial charge < -0.3 is 35.4 Å². The third-order valence-electron chi connectivity index (χ3n) is 11.1. The first kappa shape index (κ1) is 34.8. The maximum Gasteiger partial charge on any atom is 0.317 e. The number of carbonyl (C=O) groups excluding carboxylic acids is 2. The quantitative estimate of drug-likeness (QED) is 0.227. The Morgan fingerprint density at radius 1 is 0.981 bits per heavy atom. The summed E-state index contributed by atoms with van der Waals surface area (Å²) >= 11 is 0. The van der Waals surface area contributed by atoms with Crippen molar-refractivity contribution in [3.05, 3.63) is 64.8 Å². The van der Waals surface area contributed by atoms with Crippen LogP contribution in [0.3, 0.4) is 0 Å². The van der Waals surface area contributed by atoms with E-state index in [1.165, 1.54) is 37.1 Å². The zero-order valence-corrected chi connectivity index (χ0v) is 30.3. The van der Waals surface area contributed by atoms with Gasteiger partial charge in [-0.1, -0.05) is 6.07 Å². The number of carbonyl (C=O) groups is 2. The van der Waals surface area contributed by atoms with E-state index >= 15 is 4.39 Å². The number of hydrogen-bond donors (Lipinski definition) is 3. The van der Waals surface area contributed by atoms with Crippen LogP contribution in [0.1, 0.15) is 38.5 Å². The van der Waals surface area contributed by atoms with Crippen LogP contribution in [0.4, 0.5) is 32.3 Å². The molecule has 3 amide bonds. The van der Waals surface area contributed by atoms with Crippen molar-refractivity contribution >= 4 is 46.1 Å². The second kappa shape index (κ2) is 13.9. The monoisotopic (exact) mass is 724 g/mol. The Bertz CT molecular complexity index is 2080. The summed E-state index contributed by atoms with van der Waals surface area (Å²) in [5.74, 6) is 2.44. The number of halogens is 1. The normalized spacial score (nSPS) is 23.4. The van der Waals surface area contributed by atoms with E-state index in [1.54, 1.807) is 49.3 Å². The van der Waals surface area contributed by atoms with E-state index in [0.29, 0.717) is 54.9 Å². The number of likely N-dealkylation sites (N-methyl/N-ethyl adjacent to an activating group) is 1. The molecule has 3 N–H and O–H groups in total. The number of nitrogens with one attached hydrogen (secondary N) is 3. The van der Waals surface area contributed by atoms with Gasteiger partial charge in [0, 0.05) is 49.7 Å². The topological polar surface area (TPSA) is 150 Å². The van der Waals surface area contributed by atoms with E-state index in [4.69, 9.17) is 9.72 Å². The largest absolute Gasteiger partial charge is 0.479 e. The number of piperazine rings is 1. The fourth-order valence-electron chi connectivity index (χ4n) is 9.27. The van der Waals surface area contributed by atoms with Gasteiger partial charge in [0.15, 0.2) is 5.65 Å². The molecule has 1 aromatic carbocycles. The molecule has 9 rings (SSSR count). The molecule has 278 valence electrons. The van der Waals surface area contributed by atoms with Crippen molar-refractivity contribution in [3.8, 4) is 11.6 Å². The average molecular weight is 725 g/mol. The number of hydrogen-bond acceptors (Lipinski definition) is 10. The van der Waals surface area contributed by atoms with E-state index in [-0.39, 0.29) is 41.0 Å². The highest BCUT2D eigenvalue weighted by molar-refractivity contribution is 5.92. The van der Waals surface area contributed by atoms with Crippen LogP contribution >= 0.6 is 0 Å². The molecule has 4 heterocycles. The number of urea groups is 1. The van der Waals surface area contributed by atoms with E-state index in [2.05, 4.69) is 30.8 Å². The number of pyridine rings is 2. The summed E-state index contributed by atoms with van der Waals surface area (Å²) in [6.45, 7) is 2.64. The molecule has 0 atom stereocenters. The summed E-state index contributed by atoms with van der Waals surface area (Å²) < 4.78 is 21.9. The van der Waals surface area contributed by atoms with Crippen LogP contribution in [0.2, 0.25) is 0 Å². The predicted octanol–water partition coefficient (Wildman–Crippen LogP) is 4.37. The van der Waals surface area contributed by atoms with Crippen molar-refractivity contribution in [2.24, 2.45) is 17.8 Å². The Labute approximate surface area is 306 Å². The highest BCUT2D eigenvalue weighted by atomic mass is 19.1. The van der Waals surface area contributed by atoms with Crippen LogP contribution in [0, 0.1) is 23.6 Å². The minimum absolute atomic E-state index is 0.0169. The van der Waals surface area contributed by atoms with E-state index in [0.717, 1.165) is 43.1 Å². The summed E-state index contributed by atoms with van der Waals surface area (Å²) in [4.78, 5) is 58.4. The Morgan fingerprint density at radius 2 is 1.70 bits per heavy atom. The SMILES string of the molecule is COc1nc(N2CCN(C(=O)NC34CC5CC(CC(C5)C3)C4)CC2)ccc1Nc1ncc2c(F)cc(=O)n(-c3cccc(NC(=O)CN(C)C)c3)c2n1. The zero-order chi connectivity index (χ0) is 36.9. The van der Waals surface area contributed by atoms with Crippen molar-refractivity contribution in [1.29, 1.82) is 0 Å². The lowest BCUT2D eigenvalue weighted by molar-refractivity contribution is -0.116. The van der Waals surface area contributed by atoms with Gasteiger partial charge in [-0.05, 0) is 101 Å². The third kappa shape index (κ3) is 7.09. The molecule has 3 aromatic heterocycles. The molecule has 14 nitrogen and oxygen atoms in total. The molecule has 1 aliphatic heterocycles. The third-order valence-corrected chi connectivity index (χ3v) is 11.1. The molecule has 4 aromatic rings. The van der Waals surface area contributed by atoms with Gasteiger partial charge in [0.05, 0.1) is 24.7 Å². The first-order chi connectivity index (χ1) is 25.5. The minimum atomic E-state index is -0.753. The predicted molar refractivity (Wildman–Crippen MR) is 200 cm³/mol. The van der Waals surface area contributed by atoms with Gasteiger partial charge in [-0.25, -0.2) is 14.2 Å². The van der Waals surface area contributed by atoms with Crippen LogP contribution in [-0.4, -0.2) is 101 Å². The number of ether oxygens (including phenoxy) is 1. The van der Waals surface area contributed by atoms with Crippen molar-refractivity contribution in [1.82, 2.24) is 34.6 Å². The molecule has 0 unspecified atom stereocenters. The lowest BCUT2D eigenvalue weighted by atomic mass is 9.53. The molecule has 53 heavy (non-hydrogen) atoms. The molecule has 5 fully saturated rings.